The smallest absolute Gasteiger partial charge is 0.248 e. The molecule has 0 radical (unpaired) electrons. The number of anilines is 3. The molecule has 0 saturated carbocycles. The summed E-state index contributed by atoms with van der Waals surface area (Å²) in [5.41, 5.74) is 1.64. The summed E-state index contributed by atoms with van der Waals surface area (Å²) < 4.78 is 24.5. The lowest BCUT2D eigenvalue weighted by atomic mass is 10.1. The Bertz CT molecular complexity index is 1170. The van der Waals surface area contributed by atoms with Crippen molar-refractivity contribution in [3.63, 3.8) is 0 Å². The number of nitrogens with zero attached hydrogens (tertiary/aromatic N) is 3. The number of hydrogen-bond acceptors (Lipinski definition) is 7. The Labute approximate surface area is 202 Å². The molecule has 34 heavy (non-hydrogen) atoms. The van der Waals surface area contributed by atoms with Crippen LogP contribution >= 0.6 is 11.6 Å². The minimum absolute atomic E-state index is 0.00688. The summed E-state index contributed by atoms with van der Waals surface area (Å²) in [4.78, 5) is 23.1. The van der Waals surface area contributed by atoms with Gasteiger partial charge in [0.15, 0.2) is 0 Å². The van der Waals surface area contributed by atoms with Gasteiger partial charge in [0, 0.05) is 49.9 Å². The third kappa shape index (κ3) is 7.11. The number of likely N-dealkylation sites (N-methyl/N-ethyl adjacent to an activating group) is 1. The quantitative estimate of drug-likeness (QED) is 0.301. The van der Waals surface area contributed by atoms with Crippen LogP contribution in [0.4, 0.5) is 21.6 Å². The maximum Gasteiger partial charge on any atom is 0.248 e. The van der Waals surface area contributed by atoms with Crippen LogP contribution in [-0.4, -0.2) is 61.7 Å². The Kier molecular flexibility index (Phi) is 9.15. The monoisotopic (exact) mass is 487 g/mol. The van der Waals surface area contributed by atoms with E-state index in [1.807, 2.05) is 19.0 Å². The van der Waals surface area contributed by atoms with Gasteiger partial charge >= 0.3 is 0 Å². The van der Waals surface area contributed by atoms with Gasteiger partial charge in [0.1, 0.15) is 23.7 Å². The van der Waals surface area contributed by atoms with E-state index in [1.54, 1.807) is 31.4 Å². The summed E-state index contributed by atoms with van der Waals surface area (Å²) >= 11 is 5.90. The number of hydrogen-bond donors (Lipinski definition) is 2. The lowest BCUT2D eigenvalue weighted by Gasteiger charge is -2.15. The van der Waals surface area contributed by atoms with Gasteiger partial charge in [-0.2, -0.15) is 0 Å². The highest BCUT2D eigenvalue weighted by Crippen LogP contribution is 2.34. The first-order valence-corrected chi connectivity index (χ1v) is 11.0. The van der Waals surface area contributed by atoms with Crippen LogP contribution in [0.1, 0.15) is 6.42 Å². The maximum atomic E-state index is 13.5. The van der Waals surface area contributed by atoms with Crippen LogP contribution in [0.5, 0.6) is 5.75 Å². The fraction of sp³-hybridized carbons (Fsp3) is 0.292. The molecule has 0 unspecified atom stereocenters. The number of rotatable bonds is 11. The zero-order chi connectivity index (χ0) is 24.5. The number of aromatic nitrogens is 2. The van der Waals surface area contributed by atoms with Crippen LogP contribution in [0.25, 0.3) is 10.9 Å². The molecule has 0 aliphatic heterocycles. The number of nitrogens with one attached hydrogen (secondary N) is 2. The van der Waals surface area contributed by atoms with Crippen molar-refractivity contribution in [2.45, 2.75) is 6.42 Å². The second kappa shape index (κ2) is 12.3. The highest BCUT2D eigenvalue weighted by atomic mass is 35.5. The fourth-order valence-electron chi connectivity index (χ4n) is 3.04. The molecule has 2 aromatic carbocycles. The largest absolute Gasteiger partial charge is 0.491 e. The number of carbonyl (C=O) groups excluding carboxylic acids is 1. The standard InChI is InChI=1S/C24H27ClFN5O3/c1-31(2)9-4-6-23(32)30-21-13-17-20(14-22(21)34-11-5-10-33-3)27-15-28-24(17)29-16-7-8-19(26)18(25)12-16/h4,6-8,12-15H,5,9-11H2,1-3H3,(H,30,32)(H,27,28,29)/b6-4+. The van der Waals surface area contributed by atoms with Crippen LogP contribution in [0.2, 0.25) is 5.02 Å². The van der Waals surface area contributed by atoms with Crippen molar-refractivity contribution in [2.75, 3.05) is 51.6 Å². The first-order chi connectivity index (χ1) is 16.4. The molecule has 3 rings (SSSR count). The van der Waals surface area contributed by atoms with E-state index >= 15 is 0 Å². The van der Waals surface area contributed by atoms with Gasteiger partial charge in [-0.3, -0.25) is 4.79 Å². The van der Waals surface area contributed by atoms with Crippen LogP contribution < -0.4 is 15.4 Å². The summed E-state index contributed by atoms with van der Waals surface area (Å²) in [6, 6.07) is 7.78. The first kappa shape index (κ1) is 25.4. The van der Waals surface area contributed by atoms with E-state index in [2.05, 4.69) is 20.6 Å². The Morgan fingerprint density at radius 1 is 1.21 bits per heavy atom. The lowest BCUT2D eigenvalue weighted by molar-refractivity contribution is -0.111. The second-order valence-corrected chi connectivity index (χ2v) is 8.10. The Hall–Kier alpha value is -3.27. The van der Waals surface area contributed by atoms with Gasteiger partial charge in [0.25, 0.3) is 0 Å². The zero-order valence-corrected chi connectivity index (χ0v) is 20.0. The summed E-state index contributed by atoms with van der Waals surface area (Å²) in [6.45, 7) is 1.59. The van der Waals surface area contributed by atoms with Crippen LogP contribution in [0, 0.1) is 5.82 Å². The highest BCUT2D eigenvalue weighted by Gasteiger charge is 2.13. The van der Waals surface area contributed by atoms with E-state index in [-0.39, 0.29) is 10.9 Å². The van der Waals surface area contributed by atoms with Gasteiger partial charge < -0.3 is 25.0 Å². The predicted octanol–water partition coefficient (Wildman–Crippen LogP) is 4.64. The fourth-order valence-corrected chi connectivity index (χ4v) is 3.22. The van der Waals surface area contributed by atoms with Crippen molar-refractivity contribution >= 4 is 45.6 Å². The Balaban J connectivity index is 1.94. The zero-order valence-electron chi connectivity index (χ0n) is 19.3. The molecule has 1 heterocycles. The van der Waals surface area contributed by atoms with E-state index in [1.165, 1.54) is 24.5 Å². The van der Waals surface area contributed by atoms with E-state index in [4.69, 9.17) is 21.1 Å². The minimum Gasteiger partial charge on any atom is -0.491 e. The SMILES string of the molecule is COCCCOc1cc2ncnc(Nc3ccc(F)c(Cl)c3)c2cc1NC(=O)/C=C/CN(C)C. The summed E-state index contributed by atoms with van der Waals surface area (Å²) in [5, 5.41) is 6.63. The molecular formula is C24H27ClFN5O3. The van der Waals surface area contributed by atoms with Crippen LogP contribution in [-0.2, 0) is 9.53 Å². The van der Waals surface area contributed by atoms with E-state index in [9.17, 15) is 9.18 Å². The van der Waals surface area contributed by atoms with Gasteiger partial charge in [-0.25, -0.2) is 14.4 Å². The van der Waals surface area contributed by atoms with E-state index in [0.717, 1.165) is 0 Å². The molecule has 1 amide bonds. The number of amides is 1. The molecule has 0 aliphatic rings. The molecule has 8 nitrogen and oxygen atoms in total. The highest BCUT2D eigenvalue weighted by molar-refractivity contribution is 6.31. The molecule has 0 aliphatic carbocycles. The average Bonchev–Trinajstić information content (AvgIpc) is 2.79. The number of carbonyl (C=O) groups is 1. The number of fused-ring (bicyclic) bond motifs is 1. The average molecular weight is 488 g/mol. The van der Waals surface area contributed by atoms with Gasteiger partial charge in [-0.15, -0.1) is 0 Å². The molecule has 2 N–H and O–H groups in total. The molecule has 0 saturated heterocycles. The molecule has 0 fully saturated rings. The van der Waals surface area contributed by atoms with Crippen molar-refractivity contribution in [2.24, 2.45) is 0 Å². The number of methoxy groups -OCH3 is 1. The lowest BCUT2D eigenvalue weighted by Crippen LogP contribution is -2.13. The predicted molar refractivity (Wildman–Crippen MR) is 133 cm³/mol. The van der Waals surface area contributed by atoms with Gasteiger partial charge in [-0.1, -0.05) is 17.7 Å². The summed E-state index contributed by atoms with van der Waals surface area (Å²) in [7, 11) is 5.46. The van der Waals surface area contributed by atoms with E-state index < -0.39 is 5.82 Å². The third-order valence-electron chi connectivity index (χ3n) is 4.67. The third-order valence-corrected chi connectivity index (χ3v) is 4.96. The molecule has 0 atom stereocenters. The molecule has 1 aromatic heterocycles. The molecule has 0 bridgehead atoms. The number of ether oxygens (including phenoxy) is 2. The second-order valence-electron chi connectivity index (χ2n) is 7.69. The topological polar surface area (TPSA) is 88.6 Å². The minimum atomic E-state index is -0.512. The molecule has 10 heteroatoms. The molecule has 3 aromatic rings. The van der Waals surface area contributed by atoms with Crippen LogP contribution in [0.15, 0.2) is 48.8 Å². The van der Waals surface area contributed by atoms with Crippen molar-refractivity contribution in [3.05, 3.63) is 59.7 Å². The van der Waals surface area contributed by atoms with Gasteiger partial charge in [-0.05, 0) is 38.4 Å². The number of halogens is 2. The first-order valence-electron chi connectivity index (χ1n) is 10.6. The van der Waals surface area contributed by atoms with E-state index in [0.29, 0.717) is 60.0 Å². The van der Waals surface area contributed by atoms with Crippen molar-refractivity contribution in [3.8, 4) is 5.75 Å². The maximum absolute atomic E-state index is 13.5. The summed E-state index contributed by atoms with van der Waals surface area (Å²) in [5.74, 6) is 0.145. The van der Waals surface area contributed by atoms with Crippen molar-refractivity contribution in [1.82, 2.24) is 14.9 Å². The van der Waals surface area contributed by atoms with Gasteiger partial charge in [0.05, 0.1) is 22.8 Å². The molecule has 0 spiro atoms. The number of benzene rings is 2. The normalized spacial score (nSPS) is 11.4. The molecular weight excluding hydrogens is 461 g/mol. The summed E-state index contributed by atoms with van der Waals surface area (Å²) in [6.07, 6.45) is 5.34. The van der Waals surface area contributed by atoms with Gasteiger partial charge in [0.2, 0.25) is 5.91 Å². The van der Waals surface area contributed by atoms with Crippen molar-refractivity contribution < 1.29 is 18.7 Å². The van der Waals surface area contributed by atoms with Crippen LogP contribution in [0.3, 0.4) is 0 Å². The molecule has 180 valence electrons. The van der Waals surface area contributed by atoms with Crippen molar-refractivity contribution in [1.29, 1.82) is 0 Å². The Morgan fingerprint density at radius 3 is 2.76 bits per heavy atom. The Morgan fingerprint density at radius 2 is 2.03 bits per heavy atom.